The lowest BCUT2D eigenvalue weighted by atomic mass is 9.82. The van der Waals surface area contributed by atoms with Crippen molar-refractivity contribution in [2.75, 3.05) is 32.9 Å². The third kappa shape index (κ3) is 5.46. The van der Waals surface area contributed by atoms with Crippen LogP contribution in [0.25, 0.3) is 0 Å². The summed E-state index contributed by atoms with van der Waals surface area (Å²) in [6, 6.07) is 7.61. The van der Waals surface area contributed by atoms with E-state index in [1.54, 1.807) is 12.5 Å². The monoisotopic (exact) mass is 456 g/mol. The Bertz CT molecular complexity index is 933. The standard InChI is InChI=1S/C19H22N2O4.C2HF3O2/c1-14-5-7-25-17(14)18(22)21-8-15-9-23-12-19(15,11-21)13-24-10-16-4-2-3-6-20-16;3-2(4,5)1(6)7/h2-7,15H,8-13H2,1H3;(H,6,7)/t15-,19+;/m1./s1. The number of hydrogen-bond donors (Lipinski definition) is 1. The van der Waals surface area contributed by atoms with Crippen LogP contribution >= 0.6 is 0 Å². The molecule has 0 bridgehead atoms. The molecule has 1 N–H and O–H groups in total. The highest BCUT2D eigenvalue weighted by atomic mass is 19.4. The number of carbonyl (C=O) groups is 2. The summed E-state index contributed by atoms with van der Waals surface area (Å²) in [7, 11) is 0. The van der Waals surface area contributed by atoms with Gasteiger partial charge in [0.05, 0.1) is 38.4 Å². The number of alkyl halides is 3. The van der Waals surface area contributed by atoms with Gasteiger partial charge in [0.2, 0.25) is 0 Å². The second-order valence-corrected chi connectivity index (χ2v) is 7.81. The van der Waals surface area contributed by atoms with Crippen LogP contribution in [0.4, 0.5) is 13.2 Å². The van der Waals surface area contributed by atoms with E-state index in [-0.39, 0.29) is 11.3 Å². The number of furan rings is 1. The summed E-state index contributed by atoms with van der Waals surface area (Å²) in [5.41, 5.74) is 1.65. The van der Waals surface area contributed by atoms with Crippen LogP contribution in [0.3, 0.4) is 0 Å². The molecule has 2 fully saturated rings. The Morgan fingerprint density at radius 1 is 1.34 bits per heavy atom. The normalized spacial score (nSPS) is 22.2. The quantitative estimate of drug-likeness (QED) is 0.738. The molecule has 0 aliphatic carbocycles. The summed E-state index contributed by atoms with van der Waals surface area (Å²) >= 11 is 0. The Hall–Kier alpha value is -2.92. The fourth-order valence-corrected chi connectivity index (χ4v) is 3.77. The Kier molecular flexibility index (Phi) is 7.19. The van der Waals surface area contributed by atoms with Gasteiger partial charge in [0.25, 0.3) is 5.91 Å². The first-order valence-electron chi connectivity index (χ1n) is 9.81. The first-order chi connectivity index (χ1) is 15.1. The number of aryl methyl sites for hydroxylation is 1. The summed E-state index contributed by atoms with van der Waals surface area (Å²) < 4.78 is 48.8. The number of carbonyl (C=O) groups excluding carboxylic acids is 1. The van der Waals surface area contributed by atoms with E-state index in [2.05, 4.69) is 4.98 Å². The zero-order valence-electron chi connectivity index (χ0n) is 17.3. The molecule has 32 heavy (non-hydrogen) atoms. The number of carboxylic acids is 1. The van der Waals surface area contributed by atoms with Crippen LogP contribution in [0.15, 0.2) is 41.1 Å². The van der Waals surface area contributed by atoms with Crippen LogP contribution in [0, 0.1) is 18.3 Å². The van der Waals surface area contributed by atoms with E-state index < -0.39 is 12.1 Å². The number of hydrogen-bond acceptors (Lipinski definition) is 6. The summed E-state index contributed by atoms with van der Waals surface area (Å²) in [6.45, 7) is 5.55. The number of amides is 1. The molecule has 11 heteroatoms. The molecule has 2 aromatic heterocycles. The number of carboxylic acid groups (broad SMARTS) is 1. The molecule has 4 heterocycles. The van der Waals surface area contributed by atoms with E-state index in [0.29, 0.717) is 51.2 Å². The number of rotatable bonds is 5. The SMILES string of the molecule is Cc1ccoc1C(=O)N1C[C@@H]2COC[C@]2(COCc2ccccn2)C1.O=C(O)C(F)(F)F. The van der Waals surface area contributed by atoms with Gasteiger partial charge in [0.1, 0.15) is 0 Å². The van der Waals surface area contributed by atoms with E-state index in [1.165, 1.54) is 0 Å². The summed E-state index contributed by atoms with van der Waals surface area (Å²) in [6.07, 6.45) is -1.76. The van der Waals surface area contributed by atoms with Crippen molar-refractivity contribution >= 4 is 11.9 Å². The third-order valence-corrected chi connectivity index (χ3v) is 5.47. The van der Waals surface area contributed by atoms with Crippen LogP contribution in [-0.4, -0.2) is 66.0 Å². The van der Waals surface area contributed by atoms with Gasteiger partial charge in [-0.1, -0.05) is 6.07 Å². The van der Waals surface area contributed by atoms with Crippen LogP contribution in [0.2, 0.25) is 0 Å². The molecular weight excluding hydrogens is 433 g/mol. The Balaban J connectivity index is 0.000000360. The molecule has 2 aliphatic rings. The lowest BCUT2D eigenvalue weighted by molar-refractivity contribution is -0.192. The maximum atomic E-state index is 12.7. The highest BCUT2D eigenvalue weighted by molar-refractivity contribution is 5.93. The molecule has 0 aromatic carbocycles. The summed E-state index contributed by atoms with van der Waals surface area (Å²) in [5.74, 6) is -2.06. The topological polar surface area (TPSA) is 102 Å². The predicted molar refractivity (Wildman–Crippen MR) is 104 cm³/mol. The highest BCUT2D eigenvalue weighted by Gasteiger charge is 2.52. The zero-order valence-corrected chi connectivity index (χ0v) is 17.3. The molecule has 0 saturated carbocycles. The molecule has 4 rings (SSSR count). The van der Waals surface area contributed by atoms with Gasteiger partial charge in [0, 0.05) is 36.2 Å². The van der Waals surface area contributed by atoms with Crippen molar-refractivity contribution in [2.24, 2.45) is 11.3 Å². The number of likely N-dealkylation sites (tertiary alicyclic amines) is 1. The molecule has 0 radical (unpaired) electrons. The molecule has 174 valence electrons. The first kappa shape index (κ1) is 23.7. The Labute approximate surface area is 181 Å². The van der Waals surface area contributed by atoms with Crippen molar-refractivity contribution in [3.05, 3.63) is 53.7 Å². The second-order valence-electron chi connectivity index (χ2n) is 7.81. The van der Waals surface area contributed by atoms with Gasteiger partial charge in [-0.25, -0.2) is 4.79 Å². The van der Waals surface area contributed by atoms with Gasteiger partial charge >= 0.3 is 12.1 Å². The number of pyridine rings is 1. The largest absolute Gasteiger partial charge is 0.490 e. The van der Waals surface area contributed by atoms with Crippen molar-refractivity contribution < 1.29 is 41.8 Å². The van der Waals surface area contributed by atoms with Gasteiger partial charge in [-0.15, -0.1) is 0 Å². The number of ether oxygens (including phenoxy) is 2. The van der Waals surface area contributed by atoms with E-state index >= 15 is 0 Å². The van der Waals surface area contributed by atoms with Crippen LogP contribution < -0.4 is 0 Å². The number of nitrogens with zero attached hydrogens (tertiary/aromatic N) is 2. The maximum Gasteiger partial charge on any atom is 0.490 e. The summed E-state index contributed by atoms with van der Waals surface area (Å²) in [5, 5.41) is 7.12. The van der Waals surface area contributed by atoms with Crippen molar-refractivity contribution in [3.63, 3.8) is 0 Å². The first-order valence-corrected chi connectivity index (χ1v) is 9.81. The number of fused-ring (bicyclic) bond motifs is 1. The molecule has 1 amide bonds. The molecule has 0 spiro atoms. The molecule has 2 atom stereocenters. The van der Waals surface area contributed by atoms with E-state index in [4.69, 9.17) is 23.8 Å². The van der Waals surface area contributed by atoms with Gasteiger partial charge in [-0.2, -0.15) is 13.2 Å². The molecule has 2 aromatic rings. The van der Waals surface area contributed by atoms with Gasteiger partial charge < -0.3 is 23.9 Å². The minimum Gasteiger partial charge on any atom is -0.475 e. The fraction of sp³-hybridized carbons (Fsp3) is 0.476. The molecule has 8 nitrogen and oxygen atoms in total. The van der Waals surface area contributed by atoms with Crippen molar-refractivity contribution in [1.29, 1.82) is 0 Å². The average Bonchev–Trinajstić information content (AvgIpc) is 3.42. The molecular formula is C21H23F3N2O6. The minimum absolute atomic E-state index is 0.0407. The predicted octanol–water partition coefficient (Wildman–Crippen LogP) is 2.92. The summed E-state index contributed by atoms with van der Waals surface area (Å²) in [4.78, 5) is 27.8. The molecule has 2 aliphatic heterocycles. The van der Waals surface area contributed by atoms with E-state index in [1.807, 2.05) is 36.1 Å². The molecule has 0 unspecified atom stereocenters. The van der Waals surface area contributed by atoms with Crippen molar-refractivity contribution in [2.45, 2.75) is 19.7 Å². The van der Waals surface area contributed by atoms with Crippen LogP contribution in [-0.2, 0) is 20.9 Å². The number of halogens is 3. The zero-order chi connectivity index (χ0) is 23.4. The second kappa shape index (κ2) is 9.70. The number of aliphatic carboxylic acids is 1. The molecule has 2 saturated heterocycles. The minimum atomic E-state index is -5.08. The smallest absolute Gasteiger partial charge is 0.475 e. The highest BCUT2D eigenvalue weighted by Crippen LogP contribution is 2.42. The number of aromatic nitrogens is 1. The van der Waals surface area contributed by atoms with Crippen LogP contribution in [0.1, 0.15) is 21.8 Å². The third-order valence-electron chi connectivity index (χ3n) is 5.47. The lowest BCUT2D eigenvalue weighted by Gasteiger charge is -2.26. The Morgan fingerprint density at radius 2 is 2.09 bits per heavy atom. The van der Waals surface area contributed by atoms with Gasteiger partial charge in [-0.05, 0) is 25.1 Å². The van der Waals surface area contributed by atoms with Crippen molar-refractivity contribution in [1.82, 2.24) is 9.88 Å². The van der Waals surface area contributed by atoms with E-state index in [0.717, 1.165) is 11.3 Å². The maximum absolute atomic E-state index is 12.7. The van der Waals surface area contributed by atoms with Gasteiger partial charge in [-0.3, -0.25) is 9.78 Å². The van der Waals surface area contributed by atoms with Crippen LogP contribution in [0.5, 0.6) is 0 Å². The average molecular weight is 456 g/mol. The van der Waals surface area contributed by atoms with Gasteiger partial charge in [0.15, 0.2) is 5.76 Å². The van der Waals surface area contributed by atoms with Crippen molar-refractivity contribution in [3.8, 4) is 0 Å². The lowest BCUT2D eigenvalue weighted by Crippen LogP contribution is -2.37. The Morgan fingerprint density at radius 3 is 2.69 bits per heavy atom. The fourth-order valence-electron chi connectivity index (χ4n) is 3.77. The van der Waals surface area contributed by atoms with E-state index in [9.17, 15) is 18.0 Å².